The van der Waals surface area contributed by atoms with Crippen LogP contribution in [0.5, 0.6) is 0 Å². The molecule has 4 nitrogen and oxygen atoms in total. The van der Waals surface area contributed by atoms with Crippen LogP contribution in [0.25, 0.3) is 0 Å². The van der Waals surface area contributed by atoms with Gasteiger partial charge in [-0.1, -0.05) is 0 Å². The van der Waals surface area contributed by atoms with E-state index in [0.29, 0.717) is 6.04 Å². The number of rotatable bonds is 0. The smallest absolute Gasteiger partial charge is 0.255 e. The average molecular weight is 205 g/mol. The molecular weight excluding hydrogens is 190 g/mol. The first-order valence-electron chi connectivity index (χ1n) is 5.61. The second-order valence-electron chi connectivity index (χ2n) is 4.49. The Balaban J connectivity index is 2.12. The first kappa shape index (κ1) is 8.95. The molecule has 4 heteroatoms. The van der Waals surface area contributed by atoms with Gasteiger partial charge < -0.3 is 4.90 Å². The Bertz CT molecular complexity index is 452. The molecular formula is C11H15N3O. The van der Waals surface area contributed by atoms with Crippen molar-refractivity contribution >= 4 is 5.95 Å². The molecule has 1 saturated heterocycles. The number of aromatic nitrogens is 2. The molecule has 1 aromatic heterocycles. The molecule has 1 unspecified atom stereocenters. The highest BCUT2D eigenvalue weighted by Crippen LogP contribution is 2.29. The molecule has 0 spiro atoms. The summed E-state index contributed by atoms with van der Waals surface area (Å²) < 4.78 is 1.82. The predicted molar refractivity (Wildman–Crippen MR) is 58.2 cm³/mol. The molecule has 3 rings (SSSR count). The summed E-state index contributed by atoms with van der Waals surface area (Å²) in [7, 11) is 0. The fraction of sp³-hybridized carbons (Fsp3) is 0.636. The third-order valence-electron chi connectivity index (χ3n) is 3.39. The molecule has 0 radical (unpaired) electrons. The number of nitrogens with zero attached hydrogens (tertiary/aromatic N) is 3. The van der Waals surface area contributed by atoms with Crippen molar-refractivity contribution in [3.05, 3.63) is 22.1 Å². The van der Waals surface area contributed by atoms with Crippen molar-refractivity contribution in [1.29, 1.82) is 0 Å². The highest BCUT2D eigenvalue weighted by atomic mass is 16.1. The van der Waals surface area contributed by atoms with Gasteiger partial charge in [-0.2, -0.15) is 0 Å². The second-order valence-corrected chi connectivity index (χ2v) is 4.49. The van der Waals surface area contributed by atoms with E-state index in [4.69, 9.17) is 0 Å². The first-order valence-corrected chi connectivity index (χ1v) is 5.61. The number of hydrogen-bond acceptors (Lipinski definition) is 3. The largest absolute Gasteiger partial charge is 0.337 e. The molecule has 0 saturated carbocycles. The summed E-state index contributed by atoms with van der Waals surface area (Å²) >= 11 is 0. The van der Waals surface area contributed by atoms with Gasteiger partial charge in [-0.25, -0.2) is 4.98 Å². The Morgan fingerprint density at radius 1 is 1.47 bits per heavy atom. The van der Waals surface area contributed by atoms with Gasteiger partial charge in [0, 0.05) is 30.9 Å². The average Bonchev–Trinajstić information content (AvgIpc) is 2.57. The molecule has 0 bridgehead atoms. The van der Waals surface area contributed by atoms with E-state index in [9.17, 15) is 4.79 Å². The molecule has 1 aromatic rings. The van der Waals surface area contributed by atoms with E-state index in [1.165, 1.54) is 19.3 Å². The topological polar surface area (TPSA) is 38.1 Å². The van der Waals surface area contributed by atoms with Gasteiger partial charge >= 0.3 is 0 Å². The first-order chi connectivity index (χ1) is 7.25. The molecule has 0 aliphatic carbocycles. The fourth-order valence-electron chi connectivity index (χ4n) is 2.66. The Morgan fingerprint density at radius 3 is 3.20 bits per heavy atom. The lowest BCUT2D eigenvalue weighted by Crippen LogP contribution is -2.36. The highest BCUT2D eigenvalue weighted by molar-refractivity contribution is 5.38. The summed E-state index contributed by atoms with van der Waals surface area (Å²) in [6.07, 6.45) is 3.70. The van der Waals surface area contributed by atoms with Crippen molar-refractivity contribution in [3.63, 3.8) is 0 Å². The summed E-state index contributed by atoms with van der Waals surface area (Å²) in [4.78, 5) is 18.6. The maximum Gasteiger partial charge on any atom is 0.255 e. The van der Waals surface area contributed by atoms with Crippen LogP contribution in [-0.4, -0.2) is 22.1 Å². The Kier molecular flexibility index (Phi) is 1.84. The van der Waals surface area contributed by atoms with Crippen LogP contribution in [-0.2, 0) is 6.54 Å². The van der Waals surface area contributed by atoms with Crippen LogP contribution in [0.1, 0.15) is 25.0 Å². The standard InChI is InChI=1S/C11H15N3O/c1-8-6-10(15)14-7-9-4-2-3-5-13(9)11(14)12-8/h6,9H,2-5,7H2,1H3. The van der Waals surface area contributed by atoms with Crippen molar-refractivity contribution in [2.24, 2.45) is 0 Å². The lowest BCUT2D eigenvalue weighted by molar-refractivity contribution is 0.459. The van der Waals surface area contributed by atoms with E-state index in [1.54, 1.807) is 6.07 Å². The maximum absolute atomic E-state index is 11.8. The molecule has 15 heavy (non-hydrogen) atoms. The minimum absolute atomic E-state index is 0.104. The van der Waals surface area contributed by atoms with Crippen LogP contribution in [0, 0.1) is 6.92 Å². The van der Waals surface area contributed by atoms with Gasteiger partial charge in [0.05, 0.1) is 0 Å². The Morgan fingerprint density at radius 2 is 2.33 bits per heavy atom. The summed E-state index contributed by atoms with van der Waals surface area (Å²) in [6.45, 7) is 3.78. The van der Waals surface area contributed by atoms with Crippen molar-refractivity contribution in [2.45, 2.75) is 38.8 Å². The number of aryl methyl sites for hydroxylation is 1. The number of anilines is 1. The molecule has 1 atom stereocenters. The van der Waals surface area contributed by atoms with Crippen molar-refractivity contribution < 1.29 is 0 Å². The third kappa shape index (κ3) is 1.28. The number of piperidine rings is 1. The maximum atomic E-state index is 11.8. The summed E-state index contributed by atoms with van der Waals surface area (Å²) in [6, 6.07) is 2.14. The lowest BCUT2D eigenvalue weighted by Gasteiger charge is -2.29. The zero-order valence-electron chi connectivity index (χ0n) is 8.94. The zero-order valence-corrected chi connectivity index (χ0v) is 8.94. The van der Waals surface area contributed by atoms with Gasteiger partial charge in [0.1, 0.15) is 0 Å². The second kappa shape index (κ2) is 3.08. The van der Waals surface area contributed by atoms with Crippen LogP contribution in [0.3, 0.4) is 0 Å². The monoisotopic (exact) mass is 205 g/mol. The Labute approximate surface area is 88.5 Å². The molecule has 2 aliphatic rings. The van der Waals surface area contributed by atoms with E-state index in [1.807, 2.05) is 11.5 Å². The van der Waals surface area contributed by atoms with Crippen LogP contribution < -0.4 is 10.5 Å². The molecule has 2 aliphatic heterocycles. The van der Waals surface area contributed by atoms with Crippen molar-refractivity contribution in [2.75, 3.05) is 11.4 Å². The molecule has 0 N–H and O–H groups in total. The van der Waals surface area contributed by atoms with Gasteiger partial charge in [0.15, 0.2) is 0 Å². The highest BCUT2D eigenvalue weighted by Gasteiger charge is 2.32. The van der Waals surface area contributed by atoms with E-state index >= 15 is 0 Å². The third-order valence-corrected chi connectivity index (χ3v) is 3.39. The fourth-order valence-corrected chi connectivity index (χ4v) is 2.66. The van der Waals surface area contributed by atoms with Crippen LogP contribution in [0.15, 0.2) is 10.9 Å². The van der Waals surface area contributed by atoms with Gasteiger partial charge in [-0.05, 0) is 26.2 Å². The normalized spacial score (nSPS) is 23.8. The lowest BCUT2D eigenvalue weighted by atomic mass is 10.0. The minimum Gasteiger partial charge on any atom is -0.337 e. The van der Waals surface area contributed by atoms with E-state index in [0.717, 1.165) is 24.7 Å². The van der Waals surface area contributed by atoms with E-state index < -0.39 is 0 Å². The number of fused-ring (bicyclic) bond motifs is 3. The molecule has 80 valence electrons. The predicted octanol–water partition coefficient (Wildman–Crippen LogP) is 0.924. The molecule has 0 aromatic carbocycles. The van der Waals surface area contributed by atoms with Crippen molar-refractivity contribution in [3.8, 4) is 0 Å². The van der Waals surface area contributed by atoms with Crippen LogP contribution in [0.2, 0.25) is 0 Å². The van der Waals surface area contributed by atoms with E-state index in [2.05, 4.69) is 9.88 Å². The van der Waals surface area contributed by atoms with Gasteiger partial charge in [0.25, 0.3) is 5.56 Å². The molecule has 1 fully saturated rings. The van der Waals surface area contributed by atoms with Crippen molar-refractivity contribution in [1.82, 2.24) is 9.55 Å². The quantitative estimate of drug-likeness (QED) is 0.632. The van der Waals surface area contributed by atoms with Gasteiger partial charge in [0.2, 0.25) is 5.95 Å². The number of hydrogen-bond donors (Lipinski definition) is 0. The van der Waals surface area contributed by atoms with E-state index in [-0.39, 0.29) is 5.56 Å². The molecule has 3 heterocycles. The summed E-state index contributed by atoms with van der Waals surface area (Å²) in [5, 5.41) is 0. The molecule has 0 amide bonds. The van der Waals surface area contributed by atoms with Gasteiger partial charge in [-0.15, -0.1) is 0 Å². The summed E-state index contributed by atoms with van der Waals surface area (Å²) in [5.74, 6) is 0.893. The Hall–Kier alpha value is -1.32. The zero-order chi connectivity index (χ0) is 10.4. The van der Waals surface area contributed by atoms with Gasteiger partial charge in [-0.3, -0.25) is 9.36 Å². The minimum atomic E-state index is 0.104. The van der Waals surface area contributed by atoms with Crippen LogP contribution in [0.4, 0.5) is 5.95 Å². The SMILES string of the molecule is Cc1cc(=O)n2c(n1)N1CCCCC1C2. The summed E-state index contributed by atoms with van der Waals surface area (Å²) in [5.41, 5.74) is 0.935. The van der Waals surface area contributed by atoms with Crippen LogP contribution >= 0.6 is 0 Å².